The van der Waals surface area contributed by atoms with Gasteiger partial charge in [-0.1, -0.05) is 0 Å². The van der Waals surface area contributed by atoms with E-state index >= 15 is 0 Å². The van der Waals surface area contributed by atoms with Gasteiger partial charge in [0.2, 0.25) is 0 Å². The van der Waals surface area contributed by atoms with Crippen molar-refractivity contribution in [3.8, 4) is 0 Å². The fourth-order valence-corrected chi connectivity index (χ4v) is 2.84. The van der Waals surface area contributed by atoms with Gasteiger partial charge in [-0.2, -0.15) is 12.6 Å². The summed E-state index contributed by atoms with van der Waals surface area (Å²) in [6.07, 6.45) is 1.83. The van der Waals surface area contributed by atoms with Crippen LogP contribution in [0, 0.1) is 0 Å². The number of piperidine rings is 1. The van der Waals surface area contributed by atoms with Crippen LogP contribution in [0.5, 0.6) is 0 Å². The van der Waals surface area contributed by atoms with Gasteiger partial charge in [0.15, 0.2) is 0 Å². The zero-order valence-corrected chi connectivity index (χ0v) is 12.8. The lowest BCUT2D eigenvalue weighted by Gasteiger charge is -2.59. The molecule has 1 rings (SSSR count). The number of likely N-dealkylation sites (tertiary alicyclic amines) is 1. The summed E-state index contributed by atoms with van der Waals surface area (Å²) in [5.41, 5.74) is 0.201. The van der Waals surface area contributed by atoms with Crippen molar-refractivity contribution in [2.24, 2.45) is 0 Å². The molecule has 0 amide bonds. The van der Waals surface area contributed by atoms with Crippen LogP contribution in [0.25, 0.3) is 0 Å². The van der Waals surface area contributed by atoms with Gasteiger partial charge < -0.3 is 9.22 Å². The predicted molar refractivity (Wildman–Crippen MR) is 73.2 cm³/mol. The lowest BCUT2D eigenvalue weighted by Crippen LogP contribution is -2.71. The zero-order valence-electron chi connectivity index (χ0n) is 11.9. The maximum Gasteiger partial charge on any atom is 0.315 e. The third-order valence-electron chi connectivity index (χ3n) is 4.91. The molecule has 0 spiro atoms. The van der Waals surface area contributed by atoms with Crippen LogP contribution < -0.4 is 0 Å². The highest BCUT2D eigenvalue weighted by Gasteiger charge is 2.54. The number of hydrogen-bond acceptors (Lipinski definition) is 3. The van der Waals surface area contributed by atoms with E-state index < -0.39 is 0 Å². The van der Waals surface area contributed by atoms with Crippen LogP contribution in [-0.4, -0.2) is 47.5 Å². The molecule has 0 radical (unpaired) electrons. The summed E-state index contributed by atoms with van der Waals surface area (Å²) in [6.45, 7) is 8.98. The molecule has 0 aromatic heterocycles. The van der Waals surface area contributed by atoms with Crippen molar-refractivity contribution >= 4 is 18.6 Å². The van der Waals surface area contributed by atoms with Crippen LogP contribution in [-0.2, 0) is 9.53 Å². The van der Waals surface area contributed by atoms with E-state index in [2.05, 4.69) is 54.4 Å². The van der Waals surface area contributed by atoms with Crippen molar-refractivity contribution in [3.63, 3.8) is 0 Å². The molecule has 0 bridgehead atoms. The average Bonchev–Trinajstić information content (AvgIpc) is 2.13. The molecule has 1 aliphatic heterocycles. The Morgan fingerprint density at radius 1 is 1.24 bits per heavy atom. The molecule has 0 atom stereocenters. The number of hydrogen-bond donors (Lipinski definition) is 1. The molecular weight excluding hydrogens is 234 g/mol. The SMILES string of the molecule is CC1(C)CC(OC(=O)CS)CC(C)(C)[N+]1(C)C. The van der Waals surface area contributed by atoms with Gasteiger partial charge in [0.25, 0.3) is 0 Å². The van der Waals surface area contributed by atoms with Crippen molar-refractivity contribution < 1.29 is 14.0 Å². The minimum absolute atomic E-state index is 0.0193. The molecule has 100 valence electrons. The monoisotopic (exact) mass is 260 g/mol. The predicted octanol–water partition coefficient (Wildman–Crippen LogP) is 2.26. The van der Waals surface area contributed by atoms with Gasteiger partial charge in [-0.25, -0.2) is 0 Å². The number of rotatable bonds is 2. The zero-order chi connectivity index (χ0) is 13.5. The lowest BCUT2D eigenvalue weighted by atomic mass is 9.76. The number of quaternary nitrogens is 1. The first-order chi connectivity index (χ1) is 7.53. The second-order valence-corrected chi connectivity index (χ2v) is 7.07. The molecule has 4 heteroatoms. The fourth-order valence-electron chi connectivity index (χ4n) is 2.77. The molecule has 0 unspecified atom stereocenters. The van der Waals surface area contributed by atoms with E-state index in [1.54, 1.807) is 0 Å². The van der Waals surface area contributed by atoms with Crippen LogP contribution in [0.3, 0.4) is 0 Å². The number of nitrogens with zero attached hydrogens (tertiary/aromatic N) is 1. The van der Waals surface area contributed by atoms with E-state index in [1.807, 2.05) is 0 Å². The van der Waals surface area contributed by atoms with Gasteiger partial charge in [-0.15, -0.1) is 0 Å². The second-order valence-electron chi connectivity index (χ2n) is 6.76. The highest BCUT2D eigenvalue weighted by Crippen LogP contribution is 2.43. The van der Waals surface area contributed by atoms with Gasteiger partial charge >= 0.3 is 5.97 Å². The molecule has 17 heavy (non-hydrogen) atoms. The van der Waals surface area contributed by atoms with Gasteiger partial charge in [-0.05, 0) is 27.7 Å². The molecular formula is C13H26NO2S+. The van der Waals surface area contributed by atoms with Crippen LogP contribution >= 0.6 is 12.6 Å². The first-order valence-corrected chi connectivity index (χ1v) is 6.81. The minimum Gasteiger partial charge on any atom is -0.461 e. The molecule has 0 aromatic carbocycles. The first kappa shape index (κ1) is 14.8. The highest BCUT2D eigenvalue weighted by atomic mass is 32.1. The van der Waals surface area contributed by atoms with Crippen LogP contribution in [0.2, 0.25) is 0 Å². The Balaban J connectivity index is 2.88. The number of ether oxygens (including phenoxy) is 1. The Morgan fingerprint density at radius 2 is 1.65 bits per heavy atom. The van der Waals surface area contributed by atoms with Crippen molar-refractivity contribution in [3.05, 3.63) is 0 Å². The number of esters is 1. The third-order valence-corrected chi connectivity index (χ3v) is 5.17. The Kier molecular flexibility index (Phi) is 3.90. The van der Waals surface area contributed by atoms with E-state index in [4.69, 9.17) is 4.74 Å². The first-order valence-electron chi connectivity index (χ1n) is 6.18. The smallest absolute Gasteiger partial charge is 0.315 e. The number of thiol groups is 1. The van der Waals surface area contributed by atoms with Gasteiger partial charge in [-0.3, -0.25) is 4.79 Å². The summed E-state index contributed by atoms with van der Waals surface area (Å²) in [4.78, 5) is 11.4. The average molecular weight is 260 g/mol. The summed E-state index contributed by atoms with van der Waals surface area (Å²) in [7, 11) is 4.52. The summed E-state index contributed by atoms with van der Waals surface area (Å²) < 4.78 is 6.42. The Morgan fingerprint density at radius 3 is 2.00 bits per heavy atom. The molecule has 1 aliphatic rings. The van der Waals surface area contributed by atoms with E-state index in [0.717, 1.165) is 17.3 Å². The van der Waals surface area contributed by atoms with Crippen LogP contribution in [0.4, 0.5) is 0 Å². The molecule has 1 fully saturated rings. The largest absolute Gasteiger partial charge is 0.461 e. The van der Waals surface area contributed by atoms with Crippen LogP contribution in [0.1, 0.15) is 40.5 Å². The molecule has 0 saturated carbocycles. The number of carbonyl (C=O) groups excluding carboxylic acids is 1. The van der Waals surface area contributed by atoms with E-state index in [1.165, 1.54) is 0 Å². The van der Waals surface area contributed by atoms with Crippen LogP contribution in [0.15, 0.2) is 0 Å². The summed E-state index contributed by atoms with van der Waals surface area (Å²) in [6, 6.07) is 0. The summed E-state index contributed by atoms with van der Waals surface area (Å²) in [5, 5.41) is 0. The van der Waals surface area contributed by atoms with Gasteiger partial charge in [0, 0.05) is 12.8 Å². The third kappa shape index (κ3) is 2.63. The molecule has 1 saturated heterocycles. The molecule has 0 N–H and O–H groups in total. The van der Waals surface area contributed by atoms with E-state index in [0.29, 0.717) is 0 Å². The van der Waals surface area contributed by atoms with Crippen molar-refractivity contribution in [2.75, 3.05) is 19.8 Å². The standard InChI is InChI=1S/C13H25NO2S/c1-12(2)7-10(16-11(15)9-17)8-13(3,4)14(12,5)6/h10H,7-9H2,1-6H3/p+1. The van der Waals surface area contributed by atoms with Crippen molar-refractivity contribution in [2.45, 2.75) is 57.7 Å². The highest BCUT2D eigenvalue weighted by molar-refractivity contribution is 7.81. The van der Waals surface area contributed by atoms with Crippen molar-refractivity contribution in [1.29, 1.82) is 0 Å². The molecule has 0 aromatic rings. The number of carbonyl (C=O) groups is 1. The molecule has 1 heterocycles. The van der Waals surface area contributed by atoms with E-state index in [9.17, 15) is 4.79 Å². The van der Waals surface area contributed by atoms with E-state index in [-0.39, 0.29) is 28.9 Å². The quantitative estimate of drug-likeness (QED) is 0.468. The lowest BCUT2D eigenvalue weighted by molar-refractivity contribution is -0.988. The topological polar surface area (TPSA) is 26.3 Å². The summed E-state index contributed by atoms with van der Waals surface area (Å²) >= 11 is 3.96. The minimum atomic E-state index is -0.211. The normalized spacial score (nSPS) is 26.5. The summed E-state index contributed by atoms with van der Waals surface area (Å²) in [5.74, 6) is -0.0487. The second kappa shape index (κ2) is 4.47. The Labute approximate surface area is 111 Å². The fraction of sp³-hybridized carbons (Fsp3) is 0.923. The Hall–Kier alpha value is -0.220. The van der Waals surface area contributed by atoms with Crippen molar-refractivity contribution in [1.82, 2.24) is 0 Å². The molecule has 3 nitrogen and oxygen atoms in total. The maximum absolute atomic E-state index is 11.4. The van der Waals surface area contributed by atoms with Gasteiger partial charge in [0.1, 0.15) is 6.10 Å². The molecule has 0 aliphatic carbocycles. The Bertz CT molecular complexity index is 291. The maximum atomic E-state index is 11.4. The van der Waals surface area contributed by atoms with Gasteiger partial charge in [0.05, 0.1) is 30.9 Å².